The van der Waals surface area contributed by atoms with Gasteiger partial charge in [-0.05, 0) is 42.4 Å². The van der Waals surface area contributed by atoms with Crippen molar-refractivity contribution in [1.82, 2.24) is 0 Å². The first-order chi connectivity index (χ1) is 7.22. The van der Waals surface area contributed by atoms with E-state index in [1.54, 1.807) is 0 Å². The van der Waals surface area contributed by atoms with Crippen molar-refractivity contribution in [3.05, 3.63) is 41.5 Å². The van der Waals surface area contributed by atoms with Gasteiger partial charge in [-0.2, -0.15) is 0 Å². The molecular formula is C15H22. The summed E-state index contributed by atoms with van der Waals surface area (Å²) in [5, 5.41) is 0. The molecule has 0 N–H and O–H groups in total. The third-order valence-electron chi connectivity index (χ3n) is 3.19. The summed E-state index contributed by atoms with van der Waals surface area (Å²) in [6.07, 6.45) is 4.53. The van der Waals surface area contributed by atoms with Crippen molar-refractivity contribution in [3.8, 4) is 0 Å². The van der Waals surface area contributed by atoms with Crippen LogP contribution in [0.15, 0.2) is 30.3 Å². The summed E-state index contributed by atoms with van der Waals surface area (Å²) in [5.74, 6) is 0.676. The molecule has 0 aliphatic heterocycles. The van der Waals surface area contributed by atoms with Gasteiger partial charge in [0.25, 0.3) is 0 Å². The monoisotopic (exact) mass is 202 g/mol. The van der Waals surface area contributed by atoms with Gasteiger partial charge in [-0.15, -0.1) is 0 Å². The summed E-state index contributed by atoms with van der Waals surface area (Å²) in [6, 6.07) is 9.03. The second-order valence-corrected chi connectivity index (χ2v) is 4.10. The molecule has 0 aliphatic carbocycles. The molecule has 0 spiro atoms. The zero-order chi connectivity index (χ0) is 11.3. The lowest BCUT2D eigenvalue weighted by Crippen LogP contribution is -1.91. The molecule has 1 aromatic carbocycles. The van der Waals surface area contributed by atoms with E-state index in [0.29, 0.717) is 5.92 Å². The van der Waals surface area contributed by atoms with Gasteiger partial charge in [0, 0.05) is 0 Å². The van der Waals surface area contributed by atoms with Crippen LogP contribution < -0.4 is 0 Å². The third-order valence-corrected chi connectivity index (χ3v) is 3.19. The highest BCUT2D eigenvalue weighted by molar-refractivity contribution is 5.65. The van der Waals surface area contributed by atoms with Gasteiger partial charge in [-0.1, -0.05) is 51.1 Å². The summed E-state index contributed by atoms with van der Waals surface area (Å²) in [6.45, 7) is 8.84. The SMILES string of the molecule is CC=C(CC)c1ccc(C(C)CC)cc1. The van der Waals surface area contributed by atoms with Crippen molar-refractivity contribution in [3.63, 3.8) is 0 Å². The van der Waals surface area contributed by atoms with Crippen molar-refractivity contribution >= 4 is 5.57 Å². The third kappa shape index (κ3) is 2.95. The highest BCUT2D eigenvalue weighted by Crippen LogP contribution is 2.23. The maximum absolute atomic E-state index is 2.28. The minimum atomic E-state index is 0.676. The predicted molar refractivity (Wildman–Crippen MR) is 69.1 cm³/mol. The molecule has 0 saturated heterocycles. The van der Waals surface area contributed by atoms with E-state index < -0.39 is 0 Å². The minimum absolute atomic E-state index is 0.676. The quantitative estimate of drug-likeness (QED) is 0.643. The van der Waals surface area contributed by atoms with E-state index in [0.717, 1.165) is 6.42 Å². The lowest BCUT2D eigenvalue weighted by Gasteiger charge is -2.10. The molecule has 0 saturated carbocycles. The summed E-state index contributed by atoms with van der Waals surface area (Å²) < 4.78 is 0. The Bertz CT molecular complexity index is 316. The maximum Gasteiger partial charge on any atom is -0.0193 e. The van der Waals surface area contributed by atoms with Gasteiger partial charge < -0.3 is 0 Å². The summed E-state index contributed by atoms with van der Waals surface area (Å²) in [4.78, 5) is 0. The molecule has 0 bridgehead atoms. The molecule has 1 aromatic rings. The molecule has 0 heterocycles. The van der Waals surface area contributed by atoms with Crippen LogP contribution in [-0.4, -0.2) is 0 Å². The fourth-order valence-electron chi connectivity index (χ4n) is 1.84. The van der Waals surface area contributed by atoms with E-state index in [9.17, 15) is 0 Å². The van der Waals surface area contributed by atoms with Crippen LogP contribution in [0.1, 0.15) is 57.6 Å². The van der Waals surface area contributed by atoms with Gasteiger partial charge in [0.05, 0.1) is 0 Å². The zero-order valence-electron chi connectivity index (χ0n) is 10.4. The lowest BCUT2D eigenvalue weighted by molar-refractivity contribution is 0.733. The molecular weight excluding hydrogens is 180 g/mol. The summed E-state index contributed by atoms with van der Waals surface area (Å²) >= 11 is 0. The van der Waals surface area contributed by atoms with Crippen molar-refractivity contribution in [2.45, 2.75) is 46.5 Å². The Morgan fingerprint density at radius 3 is 2.20 bits per heavy atom. The Morgan fingerprint density at radius 2 is 1.80 bits per heavy atom. The van der Waals surface area contributed by atoms with Crippen molar-refractivity contribution in [1.29, 1.82) is 0 Å². The van der Waals surface area contributed by atoms with Gasteiger partial charge in [0.2, 0.25) is 0 Å². The number of rotatable bonds is 4. The van der Waals surface area contributed by atoms with Crippen LogP contribution in [0.5, 0.6) is 0 Å². The number of benzene rings is 1. The van der Waals surface area contributed by atoms with Crippen LogP contribution in [0, 0.1) is 0 Å². The first-order valence-electron chi connectivity index (χ1n) is 5.98. The van der Waals surface area contributed by atoms with E-state index in [-0.39, 0.29) is 0 Å². The van der Waals surface area contributed by atoms with Crippen LogP contribution in [0.3, 0.4) is 0 Å². The number of hydrogen-bond donors (Lipinski definition) is 0. The molecule has 0 aliphatic rings. The molecule has 0 amide bonds. The van der Waals surface area contributed by atoms with Gasteiger partial charge >= 0.3 is 0 Å². The molecule has 1 rings (SSSR count). The van der Waals surface area contributed by atoms with Crippen LogP contribution in [0.25, 0.3) is 5.57 Å². The van der Waals surface area contributed by atoms with E-state index in [1.165, 1.54) is 23.1 Å². The molecule has 0 nitrogen and oxygen atoms in total. The average Bonchev–Trinajstić information content (AvgIpc) is 2.30. The van der Waals surface area contributed by atoms with Crippen LogP contribution in [0.2, 0.25) is 0 Å². The van der Waals surface area contributed by atoms with E-state index in [2.05, 4.69) is 58.0 Å². The second kappa shape index (κ2) is 5.75. The van der Waals surface area contributed by atoms with Crippen molar-refractivity contribution in [2.24, 2.45) is 0 Å². The normalized spacial score (nSPS) is 14.0. The topological polar surface area (TPSA) is 0 Å². The standard InChI is InChI=1S/C15H22/c1-5-12(4)14-8-10-15(11-9-14)13(6-2)7-3/h6,8-12H,5,7H2,1-4H3. The largest absolute Gasteiger partial charge is 0.0839 e. The molecule has 1 atom stereocenters. The molecule has 82 valence electrons. The molecule has 0 fully saturated rings. The molecule has 1 unspecified atom stereocenters. The fourth-order valence-corrected chi connectivity index (χ4v) is 1.84. The first-order valence-corrected chi connectivity index (χ1v) is 5.98. The van der Waals surface area contributed by atoms with Gasteiger partial charge in [0.1, 0.15) is 0 Å². The smallest absolute Gasteiger partial charge is 0.0193 e. The van der Waals surface area contributed by atoms with E-state index in [1.807, 2.05) is 0 Å². The van der Waals surface area contributed by atoms with Gasteiger partial charge in [-0.3, -0.25) is 0 Å². The van der Waals surface area contributed by atoms with E-state index >= 15 is 0 Å². The first kappa shape index (κ1) is 12.0. The Kier molecular flexibility index (Phi) is 4.61. The molecule has 0 radical (unpaired) electrons. The van der Waals surface area contributed by atoms with E-state index in [4.69, 9.17) is 0 Å². The average molecular weight is 202 g/mol. The second-order valence-electron chi connectivity index (χ2n) is 4.10. The summed E-state index contributed by atoms with van der Waals surface area (Å²) in [7, 11) is 0. The Hall–Kier alpha value is -1.04. The summed E-state index contributed by atoms with van der Waals surface area (Å²) in [5.41, 5.74) is 4.26. The Morgan fingerprint density at radius 1 is 1.20 bits per heavy atom. The Labute approximate surface area is 94.0 Å². The molecule has 0 aromatic heterocycles. The van der Waals surface area contributed by atoms with Crippen LogP contribution in [-0.2, 0) is 0 Å². The molecule has 0 heteroatoms. The van der Waals surface area contributed by atoms with Crippen molar-refractivity contribution in [2.75, 3.05) is 0 Å². The number of allylic oxidation sites excluding steroid dienone is 2. The highest BCUT2D eigenvalue weighted by atomic mass is 14.1. The minimum Gasteiger partial charge on any atom is -0.0839 e. The van der Waals surface area contributed by atoms with Gasteiger partial charge in [-0.25, -0.2) is 0 Å². The highest BCUT2D eigenvalue weighted by Gasteiger charge is 2.03. The number of hydrogen-bond acceptors (Lipinski definition) is 0. The molecule has 15 heavy (non-hydrogen) atoms. The zero-order valence-corrected chi connectivity index (χ0v) is 10.4. The van der Waals surface area contributed by atoms with Gasteiger partial charge in [0.15, 0.2) is 0 Å². The lowest BCUT2D eigenvalue weighted by atomic mass is 9.95. The maximum atomic E-state index is 2.28. The predicted octanol–water partition coefficient (Wildman–Crippen LogP) is 5.01. The Balaban J connectivity index is 2.89. The fraction of sp³-hybridized carbons (Fsp3) is 0.467. The van der Waals surface area contributed by atoms with Crippen LogP contribution >= 0.6 is 0 Å². The van der Waals surface area contributed by atoms with Crippen LogP contribution in [0.4, 0.5) is 0 Å². The van der Waals surface area contributed by atoms with Crippen molar-refractivity contribution < 1.29 is 0 Å².